The van der Waals surface area contributed by atoms with Crippen LogP contribution in [0, 0.1) is 5.82 Å². The fourth-order valence-electron chi connectivity index (χ4n) is 2.87. The van der Waals surface area contributed by atoms with Crippen LogP contribution in [0.15, 0.2) is 48.5 Å². The predicted molar refractivity (Wildman–Crippen MR) is 89.3 cm³/mol. The molecule has 0 bridgehead atoms. The lowest BCUT2D eigenvalue weighted by atomic mass is 10.0. The molecule has 3 N–H and O–H groups in total. The second-order valence-electron chi connectivity index (χ2n) is 5.74. The quantitative estimate of drug-likeness (QED) is 0.869. The maximum atomic E-state index is 14.2. The molecule has 0 aliphatic carbocycles. The summed E-state index contributed by atoms with van der Waals surface area (Å²) in [6.45, 7) is -0.435. The number of carbonyl (C=O) groups is 3. The summed E-state index contributed by atoms with van der Waals surface area (Å²) < 4.78 is 14.2. The van der Waals surface area contributed by atoms with E-state index in [0.29, 0.717) is 0 Å². The topological polar surface area (TPSA) is 92.5 Å². The normalized spacial score (nSPS) is 16.8. The SMILES string of the molecule is NC(=O)CN1C(=O)C(Cc2ccccc2)NC(=O)c2c(F)cccc21. The van der Waals surface area contributed by atoms with Crippen LogP contribution in [-0.2, 0) is 16.0 Å². The first-order valence-electron chi connectivity index (χ1n) is 7.70. The van der Waals surface area contributed by atoms with E-state index in [-0.39, 0.29) is 17.7 Å². The van der Waals surface area contributed by atoms with Crippen molar-refractivity contribution in [2.75, 3.05) is 11.4 Å². The number of rotatable bonds is 4. The van der Waals surface area contributed by atoms with E-state index in [4.69, 9.17) is 5.73 Å². The van der Waals surface area contributed by atoms with Crippen LogP contribution in [0.25, 0.3) is 0 Å². The average molecular weight is 341 g/mol. The van der Waals surface area contributed by atoms with E-state index in [1.165, 1.54) is 12.1 Å². The fourth-order valence-corrected chi connectivity index (χ4v) is 2.87. The molecule has 0 saturated carbocycles. The van der Waals surface area contributed by atoms with E-state index in [1.807, 2.05) is 30.3 Å². The third kappa shape index (κ3) is 3.35. The van der Waals surface area contributed by atoms with Crippen molar-refractivity contribution in [1.82, 2.24) is 5.32 Å². The number of benzene rings is 2. The van der Waals surface area contributed by atoms with Crippen molar-refractivity contribution < 1.29 is 18.8 Å². The van der Waals surface area contributed by atoms with E-state index < -0.39 is 36.1 Å². The Balaban J connectivity index is 2.03. The van der Waals surface area contributed by atoms with E-state index in [0.717, 1.165) is 16.5 Å². The zero-order valence-electron chi connectivity index (χ0n) is 13.2. The summed E-state index contributed by atoms with van der Waals surface area (Å²) in [4.78, 5) is 37.8. The van der Waals surface area contributed by atoms with Crippen LogP contribution in [0.5, 0.6) is 0 Å². The van der Waals surface area contributed by atoms with Crippen molar-refractivity contribution >= 4 is 23.4 Å². The molecule has 1 heterocycles. The van der Waals surface area contributed by atoms with Crippen LogP contribution in [0.2, 0.25) is 0 Å². The van der Waals surface area contributed by atoms with Crippen LogP contribution in [-0.4, -0.2) is 30.3 Å². The number of primary amides is 1. The number of fused-ring (bicyclic) bond motifs is 1. The van der Waals surface area contributed by atoms with Crippen molar-refractivity contribution in [2.24, 2.45) is 5.73 Å². The molecule has 0 spiro atoms. The molecule has 0 fully saturated rings. The minimum absolute atomic E-state index is 0.0388. The molecular formula is C18H16FN3O3. The molecule has 0 radical (unpaired) electrons. The van der Waals surface area contributed by atoms with Gasteiger partial charge in [-0.3, -0.25) is 14.4 Å². The van der Waals surface area contributed by atoms with Crippen molar-refractivity contribution in [3.05, 3.63) is 65.5 Å². The number of nitrogens with one attached hydrogen (secondary N) is 1. The summed E-state index contributed by atoms with van der Waals surface area (Å²) in [7, 11) is 0. The minimum atomic E-state index is -0.930. The summed E-state index contributed by atoms with van der Waals surface area (Å²) in [5, 5.41) is 2.56. The summed E-state index contributed by atoms with van der Waals surface area (Å²) in [6, 6.07) is 12.1. The van der Waals surface area contributed by atoms with Gasteiger partial charge in [0.1, 0.15) is 18.4 Å². The molecule has 1 aliphatic heterocycles. The van der Waals surface area contributed by atoms with Crippen LogP contribution in [0.1, 0.15) is 15.9 Å². The van der Waals surface area contributed by atoms with Gasteiger partial charge >= 0.3 is 0 Å². The molecule has 3 amide bonds. The Morgan fingerprint density at radius 2 is 1.84 bits per heavy atom. The third-order valence-corrected chi connectivity index (χ3v) is 3.98. The lowest BCUT2D eigenvalue weighted by Gasteiger charge is -2.24. The van der Waals surface area contributed by atoms with Gasteiger partial charge in [-0.05, 0) is 17.7 Å². The van der Waals surface area contributed by atoms with E-state index in [2.05, 4.69) is 5.32 Å². The maximum absolute atomic E-state index is 14.2. The highest BCUT2D eigenvalue weighted by Crippen LogP contribution is 2.27. The van der Waals surface area contributed by atoms with E-state index in [1.54, 1.807) is 0 Å². The second kappa shape index (κ2) is 6.72. The Hall–Kier alpha value is -3.22. The molecule has 1 unspecified atom stereocenters. The summed E-state index contributed by atoms with van der Waals surface area (Å²) in [5.74, 6) is -2.73. The lowest BCUT2D eigenvalue weighted by Crippen LogP contribution is -2.49. The van der Waals surface area contributed by atoms with Gasteiger partial charge in [-0.25, -0.2) is 4.39 Å². The number of amides is 3. The summed E-state index contributed by atoms with van der Waals surface area (Å²) in [6.07, 6.45) is 0.219. The van der Waals surface area contributed by atoms with Crippen molar-refractivity contribution in [3.63, 3.8) is 0 Å². The van der Waals surface area contributed by atoms with Crippen LogP contribution < -0.4 is 16.0 Å². The van der Waals surface area contributed by atoms with Gasteiger partial charge < -0.3 is 16.0 Å². The Kier molecular flexibility index (Phi) is 4.47. The molecule has 3 rings (SSSR count). The third-order valence-electron chi connectivity index (χ3n) is 3.98. The van der Waals surface area contributed by atoms with Gasteiger partial charge in [0.2, 0.25) is 11.8 Å². The van der Waals surface area contributed by atoms with Gasteiger partial charge in [0, 0.05) is 6.42 Å². The smallest absolute Gasteiger partial charge is 0.257 e. The molecule has 2 aromatic carbocycles. The first-order valence-corrected chi connectivity index (χ1v) is 7.70. The van der Waals surface area contributed by atoms with Gasteiger partial charge in [0.25, 0.3) is 5.91 Å². The predicted octanol–water partition coefficient (Wildman–Crippen LogP) is 0.999. The van der Waals surface area contributed by atoms with Crippen molar-refractivity contribution in [2.45, 2.75) is 12.5 Å². The first-order chi connectivity index (χ1) is 12.0. The first kappa shape index (κ1) is 16.6. The monoisotopic (exact) mass is 341 g/mol. The molecule has 25 heavy (non-hydrogen) atoms. The highest BCUT2D eigenvalue weighted by molar-refractivity contribution is 6.12. The summed E-state index contributed by atoms with van der Waals surface area (Å²) >= 11 is 0. The molecule has 7 heteroatoms. The van der Waals surface area contributed by atoms with Gasteiger partial charge in [-0.15, -0.1) is 0 Å². The lowest BCUT2D eigenvalue weighted by molar-refractivity contribution is -0.123. The van der Waals surface area contributed by atoms with Crippen LogP contribution >= 0.6 is 0 Å². The molecule has 0 saturated heterocycles. The van der Waals surface area contributed by atoms with Gasteiger partial charge in [0.05, 0.1) is 11.3 Å². The number of nitrogens with zero attached hydrogens (tertiary/aromatic N) is 1. The number of hydrogen-bond donors (Lipinski definition) is 2. The Morgan fingerprint density at radius 3 is 2.52 bits per heavy atom. The number of anilines is 1. The van der Waals surface area contributed by atoms with Crippen LogP contribution in [0.4, 0.5) is 10.1 Å². The molecule has 6 nitrogen and oxygen atoms in total. The van der Waals surface area contributed by atoms with Gasteiger partial charge in [0.15, 0.2) is 0 Å². The number of carbonyl (C=O) groups excluding carboxylic acids is 3. The number of hydrogen-bond acceptors (Lipinski definition) is 3. The molecule has 128 valence electrons. The van der Waals surface area contributed by atoms with Gasteiger partial charge in [-0.1, -0.05) is 36.4 Å². The molecule has 1 atom stereocenters. The molecule has 1 aliphatic rings. The second-order valence-corrected chi connectivity index (χ2v) is 5.74. The average Bonchev–Trinajstić information content (AvgIpc) is 2.67. The zero-order valence-corrected chi connectivity index (χ0v) is 13.2. The standard InChI is InChI=1S/C18H16FN3O3/c19-12-7-4-8-14-16(12)17(24)21-13(9-11-5-2-1-3-6-11)18(25)22(14)10-15(20)23/h1-8,13H,9-10H2,(H2,20,23)(H,21,24). The Labute approximate surface area is 143 Å². The van der Waals surface area contributed by atoms with E-state index in [9.17, 15) is 18.8 Å². The number of nitrogens with two attached hydrogens (primary N) is 1. The Morgan fingerprint density at radius 1 is 1.12 bits per heavy atom. The highest BCUT2D eigenvalue weighted by atomic mass is 19.1. The van der Waals surface area contributed by atoms with Crippen molar-refractivity contribution in [3.8, 4) is 0 Å². The number of halogens is 1. The zero-order chi connectivity index (χ0) is 18.0. The molecule has 2 aromatic rings. The fraction of sp³-hybridized carbons (Fsp3) is 0.167. The molecule has 0 aromatic heterocycles. The van der Waals surface area contributed by atoms with Crippen LogP contribution in [0.3, 0.4) is 0 Å². The Bertz CT molecular complexity index is 839. The molecular weight excluding hydrogens is 325 g/mol. The minimum Gasteiger partial charge on any atom is -0.368 e. The highest BCUT2D eigenvalue weighted by Gasteiger charge is 2.35. The largest absolute Gasteiger partial charge is 0.368 e. The van der Waals surface area contributed by atoms with Gasteiger partial charge in [-0.2, -0.15) is 0 Å². The summed E-state index contributed by atoms with van der Waals surface area (Å²) in [5.41, 5.74) is 5.83. The van der Waals surface area contributed by atoms with E-state index >= 15 is 0 Å². The maximum Gasteiger partial charge on any atom is 0.257 e. The van der Waals surface area contributed by atoms with Crippen molar-refractivity contribution in [1.29, 1.82) is 0 Å².